The van der Waals surface area contributed by atoms with Gasteiger partial charge in [-0.3, -0.25) is 0 Å². The van der Waals surface area contributed by atoms with Gasteiger partial charge < -0.3 is 9.84 Å². The van der Waals surface area contributed by atoms with Crippen LogP contribution in [0.1, 0.15) is 12.0 Å². The lowest BCUT2D eigenvalue weighted by Gasteiger charge is -2.17. The molecule has 2 atom stereocenters. The molecule has 0 radical (unpaired) electrons. The number of aryl methyl sites for hydroxylation is 1. The predicted octanol–water partition coefficient (Wildman–Crippen LogP) is 2.88. The van der Waals surface area contributed by atoms with Crippen LogP contribution in [0.15, 0.2) is 30.3 Å². The van der Waals surface area contributed by atoms with Crippen LogP contribution >= 0.6 is 0 Å². The highest BCUT2D eigenvalue weighted by Crippen LogP contribution is 2.09. The monoisotopic (exact) mass is 276 g/mol. The second kappa shape index (κ2) is 7.49. The van der Waals surface area contributed by atoms with E-state index in [1.165, 1.54) is 5.56 Å². The number of benzene rings is 1. The number of methoxy groups -OCH3 is 1. The summed E-state index contributed by atoms with van der Waals surface area (Å²) in [5, 5.41) is 10.2. The predicted molar refractivity (Wildman–Crippen MR) is 82.7 cm³/mol. The summed E-state index contributed by atoms with van der Waals surface area (Å²) < 4.78 is 5.29. The first-order valence-electron chi connectivity index (χ1n) is 6.70. The molecular formula is C16H24O2Si. The highest BCUT2D eigenvalue weighted by atomic mass is 28.3. The van der Waals surface area contributed by atoms with E-state index in [0.717, 1.165) is 6.42 Å². The van der Waals surface area contributed by atoms with Crippen molar-refractivity contribution in [1.29, 1.82) is 0 Å². The SMILES string of the molecule is CO[C@@H](C#C[Si](C)(C)C)[C@H](O)CCc1ccccc1. The third kappa shape index (κ3) is 6.58. The standard InChI is InChI=1S/C16H24O2Si/c1-18-16(12-13-19(2,3)4)15(17)11-10-14-8-6-5-7-9-14/h5-9,15-17H,10-11H2,1-4H3/t15-,16+/m1/s1. The van der Waals surface area contributed by atoms with E-state index in [-0.39, 0.29) is 6.10 Å². The van der Waals surface area contributed by atoms with Crippen molar-refractivity contribution in [3.63, 3.8) is 0 Å². The van der Waals surface area contributed by atoms with Gasteiger partial charge in [-0.1, -0.05) is 55.9 Å². The van der Waals surface area contributed by atoms with Crippen molar-refractivity contribution < 1.29 is 9.84 Å². The first-order valence-corrected chi connectivity index (χ1v) is 10.2. The molecule has 0 aliphatic carbocycles. The zero-order chi connectivity index (χ0) is 14.3. The summed E-state index contributed by atoms with van der Waals surface area (Å²) in [5.74, 6) is 3.08. The molecule has 19 heavy (non-hydrogen) atoms. The highest BCUT2D eigenvalue weighted by molar-refractivity contribution is 6.83. The smallest absolute Gasteiger partial charge is 0.142 e. The van der Waals surface area contributed by atoms with E-state index in [4.69, 9.17) is 4.74 Å². The second-order valence-corrected chi connectivity index (χ2v) is 10.5. The van der Waals surface area contributed by atoms with E-state index < -0.39 is 14.2 Å². The Balaban J connectivity index is 2.54. The van der Waals surface area contributed by atoms with E-state index in [1.807, 2.05) is 18.2 Å². The van der Waals surface area contributed by atoms with Crippen molar-refractivity contribution in [2.75, 3.05) is 7.11 Å². The maximum Gasteiger partial charge on any atom is 0.142 e. The minimum Gasteiger partial charge on any atom is -0.389 e. The molecule has 1 N–H and O–H groups in total. The van der Waals surface area contributed by atoms with Crippen LogP contribution in [-0.2, 0) is 11.2 Å². The molecular weight excluding hydrogens is 252 g/mol. The Morgan fingerprint density at radius 2 is 1.84 bits per heavy atom. The van der Waals surface area contributed by atoms with Gasteiger partial charge in [0.25, 0.3) is 0 Å². The lowest BCUT2D eigenvalue weighted by atomic mass is 10.0. The van der Waals surface area contributed by atoms with Crippen LogP contribution in [0, 0.1) is 11.5 Å². The van der Waals surface area contributed by atoms with E-state index in [2.05, 4.69) is 43.2 Å². The molecule has 0 saturated carbocycles. The van der Waals surface area contributed by atoms with Gasteiger partial charge >= 0.3 is 0 Å². The molecule has 0 saturated heterocycles. The fraction of sp³-hybridized carbons (Fsp3) is 0.500. The van der Waals surface area contributed by atoms with Gasteiger partial charge in [0.15, 0.2) is 0 Å². The average Bonchev–Trinajstić information content (AvgIpc) is 2.37. The summed E-state index contributed by atoms with van der Waals surface area (Å²) in [6, 6.07) is 10.2. The molecule has 0 aliphatic rings. The Kier molecular flexibility index (Phi) is 6.30. The Labute approximate surface area is 117 Å². The van der Waals surface area contributed by atoms with Crippen LogP contribution in [0.3, 0.4) is 0 Å². The summed E-state index contributed by atoms with van der Waals surface area (Å²) in [6.45, 7) is 6.55. The highest BCUT2D eigenvalue weighted by Gasteiger charge is 2.17. The van der Waals surface area contributed by atoms with Gasteiger partial charge in [0.2, 0.25) is 0 Å². The third-order valence-corrected chi connectivity index (χ3v) is 3.66. The molecule has 1 aromatic carbocycles. The zero-order valence-electron chi connectivity index (χ0n) is 12.3. The Hall–Kier alpha value is -1.08. The van der Waals surface area contributed by atoms with E-state index in [0.29, 0.717) is 6.42 Å². The molecule has 104 valence electrons. The topological polar surface area (TPSA) is 29.5 Å². The first kappa shape index (κ1) is 16.0. The van der Waals surface area contributed by atoms with Crippen LogP contribution < -0.4 is 0 Å². The van der Waals surface area contributed by atoms with Gasteiger partial charge in [-0.05, 0) is 18.4 Å². The maximum absolute atomic E-state index is 10.2. The number of rotatable bonds is 5. The van der Waals surface area contributed by atoms with Crippen LogP contribution in [-0.4, -0.2) is 32.5 Å². The quantitative estimate of drug-likeness (QED) is 0.662. The summed E-state index contributed by atoms with van der Waals surface area (Å²) in [4.78, 5) is 0. The minimum atomic E-state index is -1.42. The molecule has 1 aromatic rings. The molecule has 0 heterocycles. The third-order valence-electron chi connectivity index (χ3n) is 2.76. The van der Waals surface area contributed by atoms with Gasteiger partial charge in [-0.2, -0.15) is 0 Å². The van der Waals surface area contributed by atoms with Gasteiger partial charge in [-0.25, -0.2) is 0 Å². The van der Waals surface area contributed by atoms with Gasteiger partial charge in [0, 0.05) is 7.11 Å². The summed E-state index contributed by atoms with van der Waals surface area (Å²) >= 11 is 0. The van der Waals surface area contributed by atoms with Crippen molar-refractivity contribution in [2.24, 2.45) is 0 Å². The van der Waals surface area contributed by atoms with Crippen LogP contribution in [0.2, 0.25) is 19.6 Å². The molecule has 1 rings (SSSR count). The number of hydrogen-bond donors (Lipinski definition) is 1. The van der Waals surface area contributed by atoms with Crippen molar-refractivity contribution in [1.82, 2.24) is 0 Å². The Morgan fingerprint density at radius 3 is 2.37 bits per heavy atom. The number of aliphatic hydroxyl groups excluding tert-OH is 1. The van der Waals surface area contributed by atoms with Crippen molar-refractivity contribution >= 4 is 8.07 Å². The van der Waals surface area contributed by atoms with Crippen molar-refractivity contribution in [2.45, 2.75) is 44.7 Å². The number of aliphatic hydroxyl groups is 1. The molecule has 3 heteroatoms. The average molecular weight is 276 g/mol. The van der Waals surface area contributed by atoms with Crippen molar-refractivity contribution in [3.05, 3.63) is 35.9 Å². The lowest BCUT2D eigenvalue weighted by Crippen LogP contribution is -2.28. The molecule has 0 amide bonds. The number of hydrogen-bond acceptors (Lipinski definition) is 2. The summed E-state index contributed by atoms with van der Waals surface area (Å²) in [6.07, 6.45) is 0.601. The van der Waals surface area contributed by atoms with Gasteiger partial charge in [-0.15, -0.1) is 5.54 Å². The van der Waals surface area contributed by atoms with Crippen molar-refractivity contribution in [3.8, 4) is 11.5 Å². The van der Waals surface area contributed by atoms with E-state index >= 15 is 0 Å². The Morgan fingerprint density at radius 1 is 1.21 bits per heavy atom. The Bertz CT molecular complexity index is 426. The maximum atomic E-state index is 10.2. The minimum absolute atomic E-state index is 0.379. The van der Waals surface area contributed by atoms with E-state index in [1.54, 1.807) is 7.11 Å². The fourth-order valence-corrected chi connectivity index (χ4v) is 2.29. The lowest BCUT2D eigenvalue weighted by molar-refractivity contribution is 0.0185. The molecule has 2 nitrogen and oxygen atoms in total. The normalized spacial score (nSPS) is 14.4. The second-order valence-electron chi connectivity index (χ2n) is 5.77. The molecule has 0 aromatic heterocycles. The molecule has 0 spiro atoms. The van der Waals surface area contributed by atoms with Gasteiger partial charge in [0.05, 0.1) is 6.10 Å². The van der Waals surface area contributed by atoms with E-state index in [9.17, 15) is 5.11 Å². The molecule has 0 fully saturated rings. The largest absolute Gasteiger partial charge is 0.389 e. The molecule has 0 unspecified atom stereocenters. The summed E-state index contributed by atoms with van der Waals surface area (Å²) in [7, 11) is 0.185. The van der Waals surface area contributed by atoms with Crippen LogP contribution in [0.5, 0.6) is 0 Å². The van der Waals surface area contributed by atoms with Crippen LogP contribution in [0.4, 0.5) is 0 Å². The summed E-state index contributed by atoms with van der Waals surface area (Å²) in [5.41, 5.74) is 4.49. The molecule has 0 aliphatic heterocycles. The zero-order valence-corrected chi connectivity index (χ0v) is 13.3. The fourth-order valence-electron chi connectivity index (χ4n) is 1.71. The van der Waals surface area contributed by atoms with Crippen LogP contribution in [0.25, 0.3) is 0 Å². The van der Waals surface area contributed by atoms with Gasteiger partial charge in [0.1, 0.15) is 14.2 Å². The number of ether oxygens (including phenoxy) is 1. The first-order chi connectivity index (χ1) is 8.92. The molecule has 0 bridgehead atoms.